The maximum absolute atomic E-state index is 11.4. The minimum atomic E-state index is -0.689. The molecule has 0 saturated heterocycles. The molecule has 1 aromatic heterocycles. The van der Waals surface area contributed by atoms with Crippen LogP contribution < -0.4 is 22.5 Å². The predicted molar refractivity (Wildman–Crippen MR) is 70.2 cm³/mol. The van der Waals surface area contributed by atoms with Crippen LogP contribution in [-0.2, 0) is 0 Å². The van der Waals surface area contributed by atoms with Crippen molar-refractivity contribution in [2.24, 2.45) is 5.73 Å². The number of halogens is 2. The van der Waals surface area contributed by atoms with Crippen LogP contribution in [0.5, 0.6) is 0 Å². The predicted octanol–water partition coefficient (Wildman–Crippen LogP) is -0.709. The molecule has 16 heavy (non-hydrogen) atoms. The van der Waals surface area contributed by atoms with Crippen LogP contribution in [0.3, 0.4) is 0 Å². The van der Waals surface area contributed by atoms with E-state index in [1.54, 1.807) is 0 Å². The summed E-state index contributed by atoms with van der Waals surface area (Å²) in [6.07, 6.45) is 0. The largest absolute Gasteiger partial charge is 0.382 e. The molecule has 0 aromatic carbocycles. The number of nitrogens with one attached hydrogen (secondary N) is 2. The molecule has 0 aliphatic heterocycles. The van der Waals surface area contributed by atoms with Crippen molar-refractivity contribution in [1.29, 1.82) is 5.41 Å². The van der Waals surface area contributed by atoms with E-state index in [-0.39, 0.29) is 29.7 Å². The summed E-state index contributed by atoms with van der Waals surface area (Å²) in [5, 5.41) is 8.91. The van der Waals surface area contributed by atoms with Crippen LogP contribution in [0.15, 0.2) is 0 Å². The van der Waals surface area contributed by atoms with Gasteiger partial charge in [-0.05, 0) is 22.6 Å². The Bertz CT molecular complexity index is 437. The third-order valence-corrected chi connectivity index (χ3v) is 2.16. The van der Waals surface area contributed by atoms with Crippen LogP contribution in [-0.4, -0.2) is 21.8 Å². The van der Waals surface area contributed by atoms with Crippen LogP contribution in [0.25, 0.3) is 0 Å². The van der Waals surface area contributed by atoms with E-state index < -0.39 is 11.9 Å². The maximum atomic E-state index is 11.4. The van der Waals surface area contributed by atoms with Gasteiger partial charge in [-0.25, -0.2) is 9.97 Å². The number of nitrogens with zero attached hydrogens (tertiary/aromatic N) is 2. The topological polar surface area (TPSA) is 157 Å². The lowest BCUT2D eigenvalue weighted by Gasteiger charge is -2.05. The average molecular weight is 358 g/mol. The summed E-state index contributed by atoms with van der Waals surface area (Å²) in [7, 11) is 0. The molecule has 1 heterocycles. The van der Waals surface area contributed by atoms with E-state index in [9.17, 15) is 4.79 Å². The summed E-state index contributed by atoms with van der Waals surface area (Å²) in [6, 6.07) is 0. The van der Waals surface area contributed by atoms with Gasteiger partial charge in [-0.2, -0.15) is 0 Å². The van der Waals surface area contributed by atoms with Crippen molar-refractivity contribution < 1.29 is 4.79 Å². The lowest BCUT2D eigenvalue weighted by atomic mass is 10.4. The van der Waals surface area contributed by atoms with Crippen molar-refractivity contribution in [2.75, 3.05) is 11.5 Å². The Morgan fingerprint density at radius 3 is 2.38 bits per heavy atom. The van der Waals surface area contributed by atoms with Gasteiger partial charge in [-0.1, -0.05) is 0 Å². The van der Waals surface area contributed by atoms with Gasteiger partial charge < -0.3 is 17.2 Å². The third kappa shape index (κ3) is 3.34. The van der Waals surface area contributed by atoms with Crippen LogP contribution >= 0.6 is 35.0 Å². The SMILES string of the molecule is Cl.N=C(N)NC(=O)c1nc(I)c(N)nc1N. The first kappa shape index (κ1) is 14.6. The van der Waals surface area contributed by atoms with E-state index in [1.165, 1.54) is 0 Å². The molecule has 0 saturated carbocycles. The highest BCUT2D eigenvalue weighted by Gasteiger charge is 2.15. The highest BCUT2D eigenvalue weighted by Crippen LogP contribution is 2.14. The quantitative estimate of drug-likeness (QED) is 0.254. The van der Waals surface area contributed by atoms with Gasteiger partial charge in [0.25, 0.3) is 5.91 Å². The first-order valence-electron chi connectivity index (χ1n) is 3.65. The summed E-state index contributed by atoms with van der Waals surface area (Å²) >= 11 is 1.81. The molecule has 8 nitrogen and oxygen atoms in total. The Labute approximate surface area is 110 Å². The molecule has 0 bridgehead atoms. The summed E-state index contributed by atoms with van der Waals surface area (Å²) in [4.78, 5) is 18.9. The monoisotopic (exact) mass is 357 g/mol. The Morgan fingerprint density at radius 2 is 1.88 bits per heavy atom. The molecule has 1 rings (SSSR count). The molecule has 1 amide bonds. The van der Waals surface area contributed by atoms with Gasteiger partial charge in [0.2, 0.25) is 0 Å². The third-order valence-electron chi connectivity index (χ3n) is 1.37. The first-order chi connectivity index (χ1) is 6.91. The summed E-state index contributed by atoms with van der Waals surface area (Å²) < 4.78 is 0.357. The van der Waals surface area contributed by atoms with Gasteiger partial charge in [0.15, 0.2) is 23.3 Å². The van der Waals surface area contributed by atoms with Crippen molar-refractivity contribution in [3.05, 3.63) is 9.39 Å². The fourth-order valence-electron chi connectivity index (χ4n) is 0.790. The molecule has 0 radical (unpaired) electrons. The molecule has 10 heteroatoms. The zero-order chi connectivity index (χ0) is 11.6. The zero-order valence-electron chi connectivity index (χ0n) is 7.82. The van der Waals surface area contributed by atoms with Gasteiger partial charge in [0.1, 0.15) is 3.70 Å². The minimum absolute atomic E-state index is 0. The molecular weight excluding hydrogens is 348 g/mol. The highest BCUT2D eigenvalue weighted by molar-refractivity contribution is 14.1. The summed E-state index contributed by atoms with van der Waals surface area (Å²) in [5.41, 5.74) is 15.7. The smallest absolute Gasteiger partial charge is 0.280 e. The molecule has 0 spiro atoms. The molecule has 0 atom stereocenters. The van der Waals surface area contributed by atoms with Crippen molar-refractivity contribution >= 4 is 58.5 Å². The number of carbonyl (C=O) groups excluding carboxylic acids is 1. The van der Waals surface area contributed by atoms with Crippen molar-refractivity contribution in [3.63, 3.8) is 0 Å². The molecule has 0 aliphatic rings. The van der Waals surface area contributed by atoms with Crippen LogP contribution in [0, 0.1) is 9.11 Å². The van der Waals surface area contributed by atoms with Crippen LogP contribution in [0.2, 0.25) is 0 Å². The van der Waals surface area contributed by atoms with E-state index in [4.69, 9.17) is 22.6 Å². The molecule has 0 aliphatic carbocycles. The lowest BCUT2D eigenvalue weighted by molar-refractivity contribution is 0.0972. The summed E-state index contributed by atoms with van der Waals surface area (Å²) in [5.74, 6) is -1.14. The maximum Gasteiger partial charge on any atom is 0.280 e. The number of rotatable bonds is 1. The number of guanidine groups is 1. The number of anilines is 2. The Balaban J connectivity index is 0.00000225. The van der Waals surface area contributed by atoms with E-state index in [2.05, 4.69) is 9.97 Å². The fraction of sp³-hybridized carbons (Fsp3) is 0. The van der Waals surface area contributed by atoms with Gasteiger partial charge in [-0.15, -0.1) is 12.4 Å². The highest BCUT2D eigenvalue weighted by atomic mass is 127. The Kier molecular flexibility index (Phi) is 5.17. The minimum Gasteiger partial charge on any atom is -0.382 e. The van der Waals surface area contributed by atoms with Crippen molar-refractivity contribution in [3.8, 4) is 0 Å². The number of aromatic nitrogens is 2. The molecule has 0 unspecified atom stereocenters. The molecule has 8 N–H and O–H groups in total. The molecular formula is C6H9ClIN7O. The first-order valence-corrected chi connectivity index (χ1v) is 4.73. The fourth-order valence-corrected chi connectivity index (χ4v) is 1.15. The van der Waals surface area contributed by atoms with E-state index in [1.807, 2.05) is 27.9 Å². The van der Waals surface area contributed by atoms with Crippen molar-refractivity contribution in [2.45, 2.75) is 0 Å². The number of nitrogens with two attached hydrogens (primary N) is 3. The van der Waals surface area contributed by atoms with Gasteiger partial charge in [-0.3, -0.25) is 15.5 Å². The van der Waals surface area contributed by atoms with Gasteiger partial charge >= 0.3 is 0 Å². The normalized spacial score (nSPS) is 9.06. The van der Waals surface area contributed by atoms with Crippen LogP contribution in [0.4, 0.5) is 11.6 Å². The molecule has 88 valence electrons. The Morgan fingerprint density at radius 1 is 1.31 bits per heavy atom. The van der Waals surface area contributed by atoms with Crippen molar-refractivity contribution in [1.82, 2.24) is 15.3 Å². The van der Waals surface area contributed by atoms with Crippen LogP contribution in [0.1, 0.15) is 10.5 Å². The number of nitrogen functional groups attached to an aromatic ring is 2. The Hall–Kier alpha value is -1.36. The second kappa shape index (κ2) is 5.65. The van der Waals surface area contributed by atoms with E-state index >= 15 is 0 Å². The van der Waals surface area contributed by atoms with E-state index in [0.717, 1.165) is 0 Å². The second-order valence-corrected chi connectivity index (χ2v) is 3.52. The number of hydrogen-bond donors (Lipinski definition) is 5. The van der Waals surface area contributed by atoms with E-state index in [0.29, 0.717) is 3.70 Å². The zero-order valence-corrected chi connectivity index (χ0v) is 10.8. The summed E-state index contributed by atoms with van der Waals surface area (Å²) in [6.45, 7) is 0. The molecule has 1 aromatic rings. The second-order valence-electron chi connectivity index (χ2n) is 2.50. The number of hydrogen-bond acceptors (Lipinski definition) is 6. The van der Waals surface area contributed by atoms with Gasteiger partial charge in [0.05, 0.1) is 0 Å². The number of carbonyl (C=O) groups is 1. The number of amides is 1. The standard InChI is InChI=1S/C6H8IN7O.ClH/c7-2-4(9)13-3(8)1(12-2)5(15)14-6(10)11;/h(H4,8,9,13)(H4,10,11,14,15);1H. The average Bonchev–Trinajstić information content (AvgIpc) is 2.09. The molecule has 0 fully saturated rings. The van der Waals surface area contributed by atoms with Gasteiger partial charge in [0, 0.05) is 0 Å². The lowest BCUT2D eigenvalue weighted by Crippen LogP contribution is -2.36.